The van der Waals surface area contributed by atoms with Crippen LogP contribution in [0.5, 0.6) is 0 Å². The van der Waals surface area contributed by atoms with Crippen molar-refractivity contribution >= 4 is 16.9 Å². The van der Waals surface area contributed by atoms with Gasteiger partial charge in [-0.1, -0.05) is 12.1 Å². The van der Waals surface area contributed by atoms with E-state index in [1.807, 2.05) is 24.3 Å². The van der Waals surface area contributed by atoms with Gasteiger partial charge in [-0.05, 0) is 25.0 Å². The quantitative estimate of drug-likeness (QED) is 0.850. The Bertz CT molecular complexity index is 681. The molecular formula is C16H18F3N3O2. The van der Waals surface area contributed by atoms with Gasteiger partial charge in [0.1, 0.15) is 12.4 Å². The zero-order valence-electron chi connectivity index (χ0n) is 13.0. The highest BCUT2D eigenvalue weighted by Crippen LogP contribution is 2.31. The number of hydrogen-bond acceptors (Lipinski definition) is 3. The SMILES string of the molecule is O=C(CCOCC(F)(F)F)N1CCC[C@@H]1c1nc2ccccc2[nH]1. The summed E-state index contributed by atoms with van der Waals surface area (Å²) in [4.78, 5) is 21.7. The Labute approximate surface area is 136 Å². The van der Waals surface area contributed by atoms with Crippen molar-refractivity contribution < 1.29 is 22.7 Å². The zero-order chi connectivity index (χ0) is 17.2. The molecule has 0 unspecified atom stereocenters. The molecule has 8 heteroatoms. The number of ether oxygens (including phenoxy) is 1. The minimum Gasteiger partial charge on any atom is -0.372 e. The van der Waals surface area contributed by atoms with Gasteiger partial charge in [-0.3, -0.25) is 4.79 Å². The average Bonchev–Trinajstić information content (AvgIpc) is 3.16. The maximum absolute atomic E-state index is 12.3. The number of H-pyrrole nitrogens is 1. The number of para-hydroxylation sites is 2. The molecule has 1 aliphatic heterocycles. The minimum atomic E-state index is -4.37. The van der Waals surface area contributed by atoms with Crippen molar-refractivity contribution in [3.8, 4) is 0 Å². The summed E-state index contributed by atoms with van der Waals surface area (Å²) in [6, 6.07) is 7.44. The van der Waals surface area contributed by atoms with Crippen LogP contribution in [-0.4, -0.2) is 46.7 Å². The molecule has 130 valence electrons. The van der Waals surface area contributed by atoms with Crippen LogP contribution >= 0.6 is 0 Å². The van der Waals surface area contributed by atoms with Crippen LogP contribution in [0.3, 0.4) is 0 Å². The van der Waals surface area contributed by atoms with Crippen LogP contribution in [0.2, 0.25) is 0 Å². The Morgan fingerprint density at radius 1 is 1.38 bits per heavy atom. The number of amides is 1. The number of alkyl halides is 3. The number of carbonyl (C=O) groups is 1. The summed E-state index contributed by atoms with van der Waals surface area (Å²) in [7, 11) is 0. The van der Waals surface area contributed by atoms with E-state index in [1.165, 1.54) is 0 Å². The lowest BCUT2D eigenvalue weighted by Crippen LogP contribution is -2.32. The molecule has 3 rings (SSSR count). The van der Waals surface area contributed by atoms with Gasteiger partial charge in [-0.15, -0.1) is 0 Å². The van der Waals surface area contributed by atoms with Gasteiger partial charge in [0.25, 0.3) is 0 Å². The lowest BCUT2D eigenvalue weighted by molar-refractivity contribution is -0.175. The third-order valence-electron chi connectivity index (χ3n) is 4.02. The summed E-state index contributed by atoms with van der Waals surface area (Å²) in [5, 5.41) is 0. The van der Waals surface area contributed by atoms with E-state index in [1.54, 1.807) is 4.90 Å². The van der Waals surface area contributed by atoms with Crippen LogP contribution in [-0.2, 0) is 9.53 Å². The Morgan fingerprint density at radius 2 is 2.17 bits per heavy atom. The molecule has 24 heavy (non-hydrogen) atoms. The van der Waals surface area contributed by atoms with Crippen LogP contribution in [0, 0.1) is 0 Å². The fourth-order valence-electron chi connectivity index (χ4n) is 2.97. The molecule has 0 saturated carbocycles. The molecule has 0 radical (unpaired) electrons. The normalized spacial score (nSPS) is 18.5. The molecule has 0 spiro atoms. The highest BCUT2D eigenvalue weighted by atomic mass is 19.4. The lowest BCUT2D eigenvalue weighted by atomic mass is 10.2. The van der Waals surface area contributed by atoms with Gasteiger partial charge in [0.05, 0.1) is 30.1 Å². The predicted molar refractivity (Wildman–Crippen MR) is 81.3 cm³/mol. The number of likely N-dealkylation sites (tertiary alicyclic amines) is 1. The van der Waals surface area contributed by atoms with Gasteiger partial charge < -0.3 is 14.6 Å². The van der Waals surface area contributed by atoms with Crippen molar-refractivity contribution in [1.82, 2.24) is 14.9 Å². The summed E-state index contributed by atoms with van der Waals surface area (Å²) in [5.41, 5.74) is 1.74. The lowest BCUT2D eigenvalue weighted by Gasteiger charge is -2.23. The number of hydrogen-bond donors (Lipinski definition) is 1. The first-order chi connectivity index (χ1) is 11.4. The van der Waals surface area contributed by atoms with Crippen molar-refractivity contribution in [1.29, 1.82) is 0 Å². The number of benzene rings is 1. The van der Waals surface area contributed by atoms with E-state index in [2.05, 4.69) is 14.7 Å². The van der Waals surface area contributed by atoms with Gasteiger partial charge in [0, 0.05) is 6.54 Å². The largest absolute Gasteiger partial charge is 0.411 e. The van der Waals surface area contributed by atoms with Crippen LogP contribution in [0.15, 0.2) is 24.3 Å². The number of aromatic amines is 1. The number of rotatable bonds is 5. The van der Waals surface area contributed by atoms with Crippen LogP contribution in [0.1, 0.15) is 31.1 Å². The molecule has 1 aromatic heterocycles. The van der Waals surface area contributed by atoms with E-state index in [-0.39, 0.29) is 25.0 Å². The highest BCUT2D eigenvalue weighted by Gasteiger charge is 2.32. The number of nitrogens with zero attached hydrogens (tertiary/aromatic N) is 2. The molecule has 0 aliphatic carbocycles. The topological polar surface area (TPSA) is 58.2 Å². The number of imidazole rings is 1. The maximum atomic E-state index is 12.3. The summed E-state index contributed by atoms with van der Waals surface area (Å²) in [5.74, 6) is 0.512. The molecule has 1 aromatic carbocycles. The Balaban J connectivity index is 1.61. The highest BCUT2D eigenvalue weighted by molar-refractivity contribution is 5.78. The van der Waals surface area contributed by atoms with Crippen LogP contribution in [0.4, 0.5) is 13.2 Å². The molecular weight excluding hydrogens is 323 g/mol. The van der Waals surface area contributed by atoms with E-state index in [0.29, 0.717) is 6.54 Å². The van der Waals surface area contributed by atoms with E-state index in [9.17, 15) is 18.0 Å². The number of aromatic nitrogens is 2. The molecule has 1 saturated heterocycles. The summed E-state index contributed by atoms with van der Waals surface area (Å²) < 4.78 is 40.6. The van der Waals surface area contributed by atoms with Gasteiger partial charge in [0.2, 0.25) is 5.91 Å². The third-order valence-corrected chi connectivity index (χ3v) is 4.02. The number of carbonyl (C=O) groups excluding carboxylic acids is 1. The number of fused-ring (bicyclic) bond motifs is 1. The molecule has 5 nitrogen and oxygen atoms in total. The second-order valence-electron chi connectivity index (χ2n) is 5.80. The van der Waals surface area contributed by atoms with E-state index >= 15 is 0 Å². The predicted octanol–water partition coefficient (Wildman–Crippen LogP) is 3.20. The van der Waals surface area contributed by atoms with Gasteiger partial charge >= 0.3 is 6.18 Å². The van der Waals surface area contributed by atoms with Crippen molar-refractivity contribution in [2.75, 3.05) is 19.8 Å². The molecule has 2 aromatic rings. The third kappa shape index (κ3) is 3.87. The van der Waals surface area contributed by atoms with Crippen molar-refractivity contribution in [3.63, 3.8) is 0 Å². The van der Waals surface area contributed by atoms with E-state index in [0.717, 1.165) is 29.7 Å². The zero-order valence-corrected chi connectivity index (χ0v) is 13.0. The second-order valence-corrected chi connectivity index (χ2v) is 5.80. The molecule has 0 bridgehead atoms. The van der Waals surface area contributed by atoms with Crippen molar-refractivity contribution in [2.24, 2.45) is 0 Å². The molecule has 1 amide bonds. The standard InChI is InChI=1S/C16H18F3N3O2/c17-16(18,19)10-24-9-7-14(23)22-8-3-6-13(22)15-20-11-4-1-2-5-12(11)21-15/h1-2,4-5,13H,3,6-10H2,(H,20,21)/t13-/m1/s1. The van der Waals surface area contributed by atoms with E-state index in [4.69, 9.17) is 0 Å². The molecule has 1 N–H and O–H groups in total. The monoisotopic (exact) mass is 341 g/mol. The molecule has 1 atom stereocenters. The first-order valence-corrected chi connectivity index (χ1v) is 7.83. The number of halogens is 3. The molecule has 2 heterocycles. The molecule has 1 aliphatic rings. The van der Waals surface area contributed by atoms with Crippen molar-refractivity contribution in [2.45, 2.75) is 31.5 Å². The van der Waals surface area contributed by atoms with Crippen LogP contribution < -0.4 is 0 Å². The summed E-state index contributed by atoms with van der Waals surface area (Å²) in [6.45, 7) is -0.977. The summed E-state index contributed by atoms with van der Waals surface area (Å²) in [6.07, 6.45) is -2.80. The molecule has 1 fully saturated rings. The Kier molecular flexibility index (Phi) is 4.75. The Hall–Kier alpha value is -2.09. The van der Waals surface area contributed by atoms with Gasteiger partial charge in [-0.25, -0.2) is 4.98 Å². The minimum absolute atomic E-state index is 0.0627. The fourth-order valence-corrected chi connectivity index (χ4v) is 2.97. The van der Waals surface area contributed by atoms with Crippen LogP contribution in [0.25, 0.3) is 11.0 Å². The first-order valence-electron chi connectivity index (χ1n) is 7.83. The smallest absolute Gasteiger partial charge is 0.372 e. The maximum Gasteiger partial charge on any atom is 0.411 e. The Morgan fingerprint density at radius 3 is 2.92 bits per heavy atom. The van der Waals surface area contributed by atoms with E-state index < -0.39 is 12.8 Å². The fraction of sp³-hybridized carbons (Fsp3) is 0.500. The average molecular weight is 341 g/mol. The van der Waals surface area contributed by atoms with Gasteiger partial charge in [0.15, 0.2) is 0 Å². The number of nitrogens with one attached hydrogen (secondary N) is 1. The van der Waals surface area contributed by atoms with Gasteiger partial charge in [-0.2, -0.15) is 13.2 Å². The second kappa shape index (κ2) is 6.80. The summed E-state index contributed by atoms with van der Waals surface area (Å²) >= 11 is 0. The first kappa shape index (κ1) is 16.8. The van der Waals surface area contributed by atoms with Crippen molar-refractivity contribution in [3.05, 3.63) is 30.1 Å².